The Hall–Kier alpha value is -2.04. The molecule has 110 valence electrons. The Labute approximate surface area is 119 Å². The quantitative estimate of drug-likeness (QED) is 0.748. The zero-order chi connectivity index (χ0) is 15.1. The molecule has 1 rings (SSSR count). The summed E-state index contributed by atoms with van der Waals surface area (Å²) in [5, 5.41) is 14.3. The van der Waals surface area contributed by atoms with E-state index in [-0.39, 0.29) is 0 Å². The van der Waals surface area contributed by atoms with Crippen LogP contribution in [0.4, 0.5) is 10.5 Å². The molecule has 1 aromatic carbocycles. The SMILES string of the molecule is CCC[C@H](NC(=O)Nc1c(C)cccc1CC)C(=O)O. The minimum Gasteiger partial charge on any atom is -0.480 e. The normalized spacial score (nSPS) is 11.8. The predicted molar refractivity (Wildman–Crippen MR) is 79.0 cm³/mol. The molecule has 0 bridgehead atoms. The Balaban J connectivity index is 2.78. The number of anilines is 1. The minimum absolute atomic E-state index is 0.414. The number of aryl methyl sites for hydroxylation is 2. The van der Waals surface area contributed by atoms with E-state index in [1.807, 2.05) is 39.0 Å². The largest absolute Gasteiger partial charge is 0.480 e. The molecular weight excluding hydrogens is 256 g/mol. The van der Waals surface area contributed by atoms with Crippen molar-refractivity contribution in [3.05, 3.63) is 29.3 Å². The number of carbonyl (C=O) groups excluding carboxylic acids is 1. The Bertz CT molecular complexity index is 486. The summed E-state index contributed by atoms with van der Waals surface area (Å²) >= 11 is 0. The number of carboxylic acid groups (broad SMARTS) is 1. The average Bonchev–Trinajstić information content (AvgIpc) is 2.40. The van der Waals surface area contributed by atoms with E-state index in [1.54, 1.807) is 0 Å². The van der Waals surface area contributed by atoms with Crippen molar-refractivity contribution in [3.8, 4) is 0 Å². The fourth-order valence-corrected chi connectivity index (χ4v) is 2.06. The summed E-state index contributed by atoms with van der Waals surface area (Å²) in [6.07, 6.45) is 1.91. The van der Waals surface area contributed by atoms with Crippen molar-refractivity contribution in [3.63, 3.8) is 0 Å². The fourth-order valence-electron chi connectivity index (χ4n) is 2.06. The van der Waals surface area contributed by atoms with Gasteiger partial charge in [-0.05, 0) is 30.9 Å². The average molecular weight is 278 g/mol. The van der Waals surface area contributed by atoms with E-state index in [9.17, 15) is 9.59 Å². The van der Waals surface area contributed by atoms with Crippen LogP contribution < -0.4 is 10.6 Å². The van der Waals surface area contributed by atoms with Crippen molar-refractivity contribution in [1.82, 2.24) is 5.32 Å². The number of amides is 2. The van der Waals surface area contributed by atoms with Crippen molar-refractivity contribution in [2.75, 3.05) is 5.32 Å². The van der Waals surface area contributed by atoms with Crippen LogP contribution in [0, 0.1) is 6.92 Å². The Morgan fingerprint density at radius 1 is 1.30 bits per heavy atom. The first kappa shape index (κ1) is 16.0. The number of nitrogens with one attached hydrogen (secondary N) is 2. The van der Waals surface area contributed by atoms with Crippen LogP contribution in [-0.4, -0.2) is 23.1 Å². The van der Waals surface area contributed by atoms with Gasteiger partial charge in [0.05, 0.1) is 0 Å². The number of urea groups is 1. The van der Waals surface area contributed by atoms with Crippen LogP contribution in [0.5, 0.6) is 0 Å². The highest BCUT2D eigenvalue weighted by atomic mass is 16.4. The van der Waals surface area contributed by atoms with E-state index in [1.165, 1.54) is 0 Å². The first-order valence-electron chi connectivity index (χ1n) is 6.88. The van der Waals surface area contributed by atoms with Crippen molar-refractivity contribution < 1.29 is 14.7 Å². The summed E-state index contributed by atoms with van der Waals surface area (Å²) in [4.78, 5) is 23.0. The zero-order valence-electron chi connectivity index (χ0n) is 12.2. The maximum atomic E-state index is 11.9. The van der Waals surface area contributed by atoms with E-state index < -0.39 is 18.0 Å². The van der Waals surface area contributed by atoms with Gasteiger partial charge in [-0.1, -0.05) is 38.5 Å². The standard InChI is InChI=1S/C15H22N2O3/c1-4-7-12(14(18)19)16-15(20)17-13-10(3)8-6-9-11(13)5-2/h6,8-9,12H,4-5,7H2,1-3H3,(H,18,19)(H2,16,17,20)/t12-/m0/s1. The van der Waals surface area contributed by atoms with Crippen LogP contribution in [0.15, 0.2) is 18.2 Å². The molecule has 0 aliphatic carbocycles. The minimum atomic E-state index is -1.01. The van der Waals surface area contributed by atoms with Gasteiger partial charge >= 0.3 is 12.0 Å². The van der Waals surface area contributed by atoms with Gasteiger partial charge in [-0.3, -0.25) is 0 Å². The molecule has 5 nitrogen and oxygen atoms in total. The summed E-state index contributed by atoms with van der Waals surface area (Å²) < 4.78 is 0. The second kappa shape index (κ2) is 7.53. The van der Waals surface area contributed by atoms with Gasteiger partial charge in [-0.2, -0.15) is 0 Å². The number of para-hydroxylation sites is 1. The summed E-state index contributed by atoms with van der Waals surface area (Å²) in [7, 11) is 0. The molecule has 1 aromatic rings. The second-order valence-corrected chi connectivity index (χ2v) is 4.74. The molecule has 2 amide bonds. The van der Waals surface area contributed by atoms with E-state index in [2.05, 4.69) is 10.6 Å². The van der Waals surface area contributed by atoms with Gasteiger partial charge in [0.1, 0.15) is 6.04 Å². The number of hydrogen-bond donors (Lipinski definition) is 3. The van der Waals surface area contributed by atoms with Gasteiger partial charge in [-0.15, -0.1) is 0 Å². The molecule has 0 heterocycles. The highest BCUT2D eigenvalue weighted by Crippen LogP contribution is 2.20. The number of carbonyl (C=O) groups is 2. The summed E-state index contributed by atoms with van der Waals surface area (Å²) in [6.45, 7) is 5.80. The lowest BCUT2D eigenvalue weighted by Crippen LogP contribution is -2.43. The van der Waals surface area contributed by atoms with Crippen LogP contribution in [0.2, 0.25) is 0 Å². The van der Waals surface area contributed by atoms with Crippen molar-refractivity contribution >= 4 is 17.7 Å². The summed E-state index contributed by atoms with van der Waals surface area (Å²) in [5.41, 5.74) is 2.75. The van der Waals surface area contributed by atoms with Gasteiger partial charge in [0.25, 0.3) is 0 Å². The number of hydrogen-bond acceptors (Lipinski definition) is 2. The van der Waals surface area contributed by atoms with Crippen molar-refractivity contribution in [2.45, 2.75) is 46.1 Å². The molecular formula is C15H22N2O3. The lowest BCUT2D eigenvalue weighted by molar-refractivity contribution is -0.139. The molecule has 0 fully saturated rings. The third-order valence-corrected chi connectivity index (χ3v) is 3.16. The molecule has 0 aliphatic rings. The van der Waals surface area contributed by atoms with Crippen molar-refractivity contribution in [1.29, 1.82) is 0 Å². The fraction of sp³-hybridized carbons (Fsp3) is 0.467. The maximum absolute atomic E-state index is 11.9. The highest BCUT2D eigenvalue weighted by Gasteiger charge is 2.19. The van der Waals surface area contributed by atoms with Crippen LogP contribution in [0.3, 0.4) is 0 Å². The molecule has 0 radical (unpaired) electrons. The Morgan fingerprint density at radius 2 is 2.00 bits per heavy atom. The van der Waals surface area contributed by atoms with Crippen LogP contribution in [-0.2, 0) is 11.2 Å². The molecule has 0 unspecified atom stereocenters. The zero-order valence-corrected chi connectivity index (χ0v) is 12.2. The second-order valence-electron chi connectivity index (χ2n) is 4.74. The van der Waals surface area contributed by atoms with Gasteiger partial charge < -0.3 is 15.7 Å². The molecule has 5 heteroatoms. The number of benzene rings is 1. The summed E-state index contributed by atoms with van der Waals surface area (Å²) in [6, 6.07) is 4.47. The van der Waals surface area contributed by atoms with Crippen LogP contribution in [0.1, 0.15) is 37.8 Å². The number of carboxylic acids is 1. The molecule has 20 heavy (non-hydrogen) atoms. The third kappa shape index (κ3) is 4.26. The topological polar surface area (TPSA) is 78.4 Å². The Morgan fingerprint density at radius 3 is 2.55 bits per heavy atom. The number of rotatable bonds is 6. The van der Waals surface area contributed by atoms with Gasteiger partial charge in [0.15, 0.2) is 0 Å². The van der Waals surface area contributed by atoms with Crippen molar-refractivity contribution in [2.24, 2.45) is 0 Å². The first-order chi connectivity index (χ1) is 9.49. The molecule has 0 aromatic heterocycles. The van der Waals surface area contributed by atoms with Crippen LogP contribution >= 0.6 is 0 Å². The molecule has 0 spiro atoms. The lowest BCUT2D eigenvalue weighted by Gasteiger charge is -2.17. The molecule has 0 aliphatic heterocycles. The molecule has 0 saturated heterocycles. The molecule has 3 N–H and O–H groups in total. The number of aliphatic carboxylic acids is 1. The molecule has 1 atom stereocenters. The Kier molecular flexibility index (Phi) is 6.03. The first-order valence-corrected chi connectivity index (χ1v) is 6.88. The van der Waals surface area contributed by atoms with Gasteiger partial charge in [-0.25, -0.2) is 9.59 Å². The third-order valence-electron chi connectivity index (χ3n) is 3.16. The highest BCUT2D eigenvalue weighted by molar-refractivity contribution is 5.93. The lowest BCUT2D eigenvalue weighted by atomic mass is 10.1. The predicted octanol–water partition coefficient (Wildman–Crippen LogP) is 2.93. The maximum Gasteiger partial charge on any atom is 0.326 e. The van der Waals surface area contributed by atoms with E-state index >= 15 is 0 Å². The molecule has 0 saturated carbocycles. The van der Waals surface area contributed by atoms with Crippen LogP contribution in [0.25, 0.3) is 0 Å². The van der Waals surface area contributed by atoms with Gasteiger partial charge in [0.2, 0.25) is 0 Å². The smallest absolute Gasteiger partial charge is 0.326 e. The van der Waals surface area contributed by atoms with Gasteiger partial charge in [0, 0.05) is 5.69 Å². The van der Waals surface area contributed by atoms with E-state index in [4.69, 9.17) is 5.11 Å². The van der Waals surface area contributed by atoms with E-state index in [0.717, 1.165) is 23.2 Å². The van der Waals surface area contributed by atoms with E-state index in [0.29, 0.717) is 12.8 Å². The summed E-state index contributed by atoms with van der Waals surface area (Å²) in [5.74, 6) is -1.01. The monoisotopic (exact) mass is 278 g/mol.